The van der Waals surface area contributed by atoms with Crippen LogP contribution in [0, 0.1) is 0 Å². The fourth-order valence-corrected chi connectivity index (χ4v) is 4.03. The van der Waals surface area contributed by atoms with Crippen LogP contribution in [0.2, 0.25) is 0 Å². The van der Waals surface area contributed by atoms with Crippen molar-refractivity contribution in [3.8, 4) is 17.2 Å². The molecule has 0 saturated carbocycles. The van der Waals surface area contributed by atoms with Crippen LogP contribution in [0.5, 0.6) is 17.2 Å². The van der Waals surface area contributed by atoms with Crippen molar-refractivity contribution in [3.63, 3.8) is 0 Å². The summed E-state index contributed by atoms with van der Waals surface area (Å²) in [5.41, 5.74) is 4.95. The van der Waals surface area contributed by atoms with Crippen LogP contribution in [0.1, 0.15) is 33.0 Å². The number of hydrogen-bond acceptors (Lipinski definition) is 7. The van der Waals surface area contributed by atoms with Gasteiger partial charge in [0.05, 0.1) is 38.5 Å². The van der Waals surface area contributed by atoms with Gasteiger partial charge in [-0.3, -0.25) is 9.59 Å². The highest BCUT2D eigenvalue weighted by molar-refractivity contribution is 5.92. The lowest BCUT2D eigenvalue weighted by molar-refractivity contribution is -0.126. The van der Waals surface area contributed by atoms with E-state index in [1.165, 1.54) is 20.4 Å². The van der Waals surface area contributed by atoms with Crippen molar-refractivity contribution in [3.05, 3.63) is 125 Å². The van der Waals surface area contributed by atoms with Crippen LogP contribution in [0.3, 0.4) is 0 Å². The standard InChI is InChI=1S/C32H29N3O6/c1-39-26-15-9-14-25(19-26)32(38)41-27-17-16-22(18-28(27)40-2)20-34-35-29(36)21-33-31(37)30(23-10-5-3-6-11-23)24-12-7-4-8-13-24/h3-20,30H,21H2,1-2H3,(H,33,37)(H,35,36)/b34-20+. The lowest BCUT2D eigenvalue weighted by Gasteiger charge is -2.17. The first-order valence-corrected chi connectivity index (χ1v) is 12.7. The van der Waals surface area contributed by atoms with E-state index < -0.39 is 17.8 Å². The number of esters is 1. The summed E-state index contributed by atoms with van der Waals surface area (Å²) in [4.78, 5) is 38.0. The molecule has 2 amide bonds. The summed E-state index contributed by atoms with van der Waals surface area (Å²) in [6.45, 7) is -0.255. The quantitative estimate of drug-likeness (QED) is 0.124. The molecule has 208 valence electrons. The van der Waals surface area contributed by atoms with E-state index in [1.54, 1.807) is 42.5 Å². The Bertz CT molecular complexity index is 1480. The predicted molar refractivity (Wildman–Crippen MR) is 154 cm³/mol. The molecule has 0 fully saturated rings. The highest BCUT2D eigenvalue weighted by atomic mass is 16.6. The SMILES string of the molecule is COc1cccc(C(=O)Oc2ccc(/C=N/NC(=O)CNC(=O)C(c3ccccc3)c3ccccc3)cc2OC)c1. The molecule has 0 spiro atoms. The molecule has 0 heterocycles. The van der Waals surface area contributed by atoms with Gasteiger partial charge < -0.3 is 19.5 Å². The first-order chi connectivity index (χ1) is 20.0. The zero-order valence-corrected chi connectivity index (χ0v) is 22.6. The van der Waals surface area contributed by atoms with E-state index in [1.807, 2.05) is 60.7 Å². The minimum atomic E-state index is -0.570. The lowest BCUT2D eigenvalue weighted by Crippen LogP contribution is -2.37. The summed E-state index contributed by atoms with van der Waals surface area (Å²) >= 11 is 0. The first kappa shape index (κ1) is 28.6. The number of amides is 2. The summed E-state index contributed by atoms with van der Waals surface area (Å²) in [5.74, 6) is -0.868. The molecule has 9 nitrogen and oxygen atoms in total. The van der Waals surface area contributed by atoms with Gasteiger partial charge in [-0.05, 0) is 53.1 Å². The van der Waals surface area contributed by atoms with Crippen molar-refractivity contribution in [1.82, 2.24) is 10.7 Å². The van der Waals surface area contributed by atoms with Crippen LogP contribution in [-0.4, -0.2) is 44.8 Å². The van der Waals surface area contributed by atoms with E-state index >= 15 is 0 Å². The molecule has 2 N–H and O–H groups in total. The maximum atomic E-state index is 13.1. The molecule has 0 aliphatic rings. The van der Waals surface area contributed by atoms with E-state index in [-0.39, 0.29) is 18.2 Å². The molecule has 0 radical (unpaired) electrons. The maximum absolute atomic E-state index is 13.1. The Balaban J connectivity index is 1.34. The number of carbonyl (C=O) groups excluding carboxylic acids is 3. The highest BCUT2D eigenvalue weighted by Crippen LogP contribution is 2.29. The monoisotopic (exact) mass is 551 g/mol. The minimum absolute atomic E-state index is 0.218. The molecule has 0 aliphatic heterocycles. The molecule has 0 aliphatic carbocycles. The topological polar surface area (TPSA) is 115 Å². The van der Waals surface area contributed by atoms with Gasteiger partial charge in [0.15, 0.2) is 11.5 Å². The van der Waals surface area contributed by atoms with E-state index in [0.29, 0.717) is 22.6 Å². The zero-order valence-electron chi connectivity index (χ0n) is 22.6. The third-order valence-electron chi connectivity index (χ3n) is 6.05. The van der Waals surface area contributed by atoms with Crippen molar-refractivity contribution < 1.29 is 28.6 Å². The van der Waals surface area contributed by atoms with Crippen LogP contribution < -0.4 is 25.0 Å². The van der Waals surface area contributed by atoms with Crippen LogP contribution in [-0.2, 0) is 9.59 Å². The molecule has 0 atom stereocenters. The Morgan fingerprint density at radius 2 is 1.46 bits per heavy atom. The Morgan fingerprint density at radius 1 is 0.780 bits per heavy atom. The molecule has 0 unspecified atom stereocenters. The molecule has 4 aromatic carbocycles. The van der Waals surface area contributed by atoms with E-state index in [2.05, 4.69) is 15.8 Å². The number of nitrogens with one attached hydrogen (secondary N) is 2. The number of hydrogen-bond donors (Lipinski definition) is 2. The fraction of sp³-hybridized carbons (Fsp3) is 0.125. The summed E-state index contributed by atoms with van der Waals surface area (Å²) in [7, 11) is 2.96. The van der Waals surface area contributed by atoms with Crippen molar-refractivity contribution in [2.24, 2.45) is 5.10 Å². The molecule has 0 bridgehead atoms. The summed E-state index contributed by atoms with van der Waals surface area (Å²) in [5, 5.41) is 6.65. The Hall–Kier alpha value is -5.44. The van der Waals surface area contributed by atoms with Gasteiger partial charge in [0, 0.05) is 0 Å². The predicted octanol–water partition coefficient (Wildman–Crippen LogP) is 4.32. The summed E-state index contributed by atoms with van der Waals surface area (Å²) < 4.78 is 16.0. The third-order valence-corrected chi connectivity index (χ3v) is 6.05. The van der Waals surface area contributed by atoms with E-state index in [4.69, 9.17) is 14.2 Å². The van der Waals surface area contributed by atoms with Gasteiger partial charge in [0.25, 0.3) is 5.91 Å². The number of methoxy groups -OCH3 is 2. The summed E-state index contributed by atoms with van der Waals surface area (Å²) in [6, 6.07) is 30.2. The second kappa shape index (κ2) is 14.1. The molecule has 41 heavy (non-hydrogen) atoms. The Kier molecular flexibility index (Phi) is 9.82. The number of ether oxygens (including phenoxy) is 3. The van der Waals surface area contributed by atoms with Crippen molar-refractivity contribution >= 4 is 24.0 Å². The third kappa shape index (κ3) is 7.79. The van der Waals surface area contributed by atoms with Crippen molar-refractivity contribution in [2.75, 3.05) is 20.8 Å². The second-order valence-corrected chi connectivity index (χ2v) is 8.80. The van der Waals surface area contributed by atoms with E-state index in [9.17, 15) is 14.4 Å². The average molecular weight is 552 g/mol. The van der Waals surface area contributed by atoms with Crippen LogP contribution in [0.25, 0.3) is 0 Å². The zero-order chi connectivity index (χ0) is 29.0. The van der Waals surface area contributed by atoms with Gasteiger partial charge in [0.1, 0.15) is 5.75 Å². The first-order valence-electron chi connectivity index (χ1n) is 12.7. The fourth-order valence-electron chi connectivity index (χ4n) is 4.03. The molecule has 0 saturated heterocycles. The van der Waals surface area contributed by atoms with Gasteiger partial charge in [-0.1, -0.05) is 66.7 Å². The molecular formula is C32H29N3O6. The molecule has 0 aromatic heterocycles. The van der Waals surface area contributed by atoms with Gasteiger partial charge in [0.2, 0.25) is 5.91 Å². The van der Waals surface area contributed by atoms with Gasteiger partial charge in [-0.2, -0.15) is 5.10 Å². The number of nitrogens with zero attached hydrogens (tertiary/aromatic N) is 1. The maximum Gasteiger partial charge on any atom is 0.343 e. The number of carbonyl (C=O) groups is 3. The summed E-state index contributed by atoms with van der Waals surface area (Å²) in [6.07, 6.45) is 1.41. The van der Waals surface area contributed by atoms with Gasteiger partial charge >= 0.3 is 5.97 Å². The smallest absolute Gasteiger partial charge is 0.343 e. The van der Waals surface area contributed by atoms with Crippen molar-refractivity contribution in [2.45, 2.75) is 5.92 Å². The van der Waals surface area contributed by atoms with Crippen LogP contribution >= 0.6 is 0 Å². The Morgan fingerprint density at radius 3 is 2.10 bits per heavy atom. The molecule has 9 heteroatoms. The molecular weight excluding hydrogens is 522 g/mol. The molecule has 4 rings (SSSR count). The molecule has 4 aromatic rings. The van der Waals surface area contributed by atoms with Gasteiger partial charge in [-0.15, -0.1) is 0 Å². The average Bonchev–Trinajstić information content (AvgIpc) is 3.02. The van der Waals surface area contributed by atoms with Crippen molar-refractivity contribution in [1.29, 1.82) is 0 Å². The highest BCUT2D eigenvalue weighted by Gasteiger charge is 2.22. The number of hydrazone groups is 1. The number of rotatable bonds is 11. The largest absolute Gasteiger partial charge is 0.497 e. The normalized spacial score (nSPS) is 10.7. The number of benzene rings is 4. The van der Waals surface area contributed by atoms with Crippen LogP contribution in [0.15, 0.2) is 108 Å². The second-order valence-electron chi connectivity index (χ2n) is 8.80. The van der Waals surface area contributed by atoms with E-state index in [0.717, 1.165) is 11.1 Å². The van der Waals surface area contributed by atoms with Crippen LogP contribution in [0.4, 0.5) is 0 Å². The minimum Gasteiger partial charge on any atom is -0.497 e. The Labute approximate surface area is 237 Å². The van der Waals surface area contributed by atoms with Gasteiger partial charge in [-0.25, -0.2) is 10.2 Å². The lowest BCUT2D eigenvalue weighted by atomic mass is 9.90.